The molecule has 0 saturated heterocycles. The average Bonchev–Trinajstić information content (AvgIpc) is 3.47. The molecule has 7 heteroatoms. The van der Waals surface area contributed by atoms with Gasteiger partial charge < -0.3 is 9.15 Å². The van der Waals surface area contributed by atoms with Gasteiger partial charge in [-0.1, -0.05) is 35.9 Å². The lowest BCUT2D eigenvalue weighted by Gasteiger charge is -2.19. The van der Waals surface area contributed by atoms with Crippen molar-refractivity contribution in [3.8, 4) is 0 Å². The Morgan fingerprint density at radius 3 is 2.76 bits per heavy atom. The Kier molecular flexibility index (Phi) is 5.81. The van der Waals surface area contributed by atoms with Crippen molar-refractivity contribution < 1.29 is 18.7 Å². The van der Waals surface area contributed by atoms with Gasteiger partial charge in [0.05, 0.1) is 18.4 Å². The molecule has 2 atom stereocenters. The number of halogens is 1. The molecule has 0 bridgehead atoms. The summed E-state index contributed by atoms with van der Waals surface area (Å²) in [6, 6.07) is 10.5. The van der Waals surface area contributed by atoms with Crippen molar-refractivity contribution in [3.05, 3.63) is 71.2 Å². The maximum absolute atomic E-state index is 12.8. The molecule has 0 spiro atoms. The number of esters is 1. The predicted molar refractivity (Wildman–Crippen MR) is 108 cm³/mol. The number of benzene rings is 1. The van der Waals surface area contributed by atoms with Gasteiger partial charge in [-0.15, -0.1) is 0 Å². The van der Waals surface area contributed by atoms with E-state index in [9.17, 15) is 9.59 Å². The third kappa shape index (κ3) is 4.59. The highest BCUT2D eigenvalue weighted by Gasteiger charge is 2.35. The van der Waals surface area contributed by atoms with Crippen LogP contribution in [0.5, 0.6) is 0 Å². The summed E-state index contributed by atoms with van der Waals surface area (Å²) in [5.74, 6) is 0.0829. The van der Waals surface area contributed by atoms with E-state index in [1.807, 2.05) is 24.3 Å². The lowest BCUT2D eigenvalue weighted by atomic mass is 10.0. The molecule has 0 saturated carbocycles. The number of rotatable bonds is 6. The summed E-state index contributed by atoms with van der Waals surface area (Å²) in [5.41, 5.74) is 1.63. The molecule has 0 unspecified atom stereocenters. The molecule has 4 rings (SSSR count). The number of nitrogens with zero attached hydrogens (tertiary/aromatic N) is 2. The highest BCUT2D eigenvalue weighted by molar-refractivity contribution is 6.30. The molecule has 6 nitrogen and oxygen atoms in total. The quantitative estimate of drug-likeness (QED) is 0.517. The first-order valence-corrected chi connectivity index (χ1v) is 9.99. The van der Waals surface area contributed by atoms with Gasteiger partial charge in [0.2, 0.25) is 0 Å². The summed E-state index contributed by atoms with van der Waals surface area (Å²) in [7, 11) is 0. The fourth-order valence-corrected chi connectivity index (χ4v) is 3.73. The predicted octanol–water partition coefficient (Wildman–Crippen LogP) is 4.51. The van der Waals surface area contributed by atoms with Crippen molar-refractivity contribution in [2.75, 3.05) is 6.61 Å². The summed E-state index contributed by atoms with van der Waals surface area (Å²) >= 11 is 5.97. The molecule has 0 N–H and O–H groups in total. The van der Waals surface area contributed by atoms with Crippen LogP contribution in [0.2, 0.25) is 5.02 Å². The molecule has 2 aliphatic rings. The standard InChI is InChI=1S/C22H21ClN2O4/c23-17-9-7-16(8-10-17)18-13-19(20-6-3-11-28-20)25(24-18)21(26)14-29-22(27)12-15-4-1-2-5-15/h1,3-4,6-11,15,19H,2,5,12-14H2/t15-,19-/m0/s1. The van der Waals surface area contributed by atoms with E-state index in [0.29, 0.717) is 23.6 Å². The smallest absolute Gasteiger partial charge is 0.306 e. The summed E-state index contributed by atoms with van der Waals surface area (Å²) < 4.78 is 10.7. The lowest BCUT2D eigenvalue weighted by molar-refractivity contribution is -0.153. The number of furan rings is 1. The number of carbonyl (C=O) groups excluding carboxylic acids is 2. The summed E-state index contributed by atoms with van der Waals surface area (Å²) in [4.78, 5) is 24.8. The summed E-state index contributed by atoms with van der Waals surface area (Å²) in [5, 5.41) is 6.49. The van der Waals surface area contributed by atoms with Gasteiger partial charge in [-0.2, -0.15) is 5.10 Å². The van der Waals surface area contributed by atoms with Gasteiger partial charge in [0.1, 0.15) is 11.8 Å². The molecule has 1 aromatic heterocycles. The second kappa shape index (κ2) is 8.66. The number of amides is 1. The van der Waals surface area contributed by atoms with Crippen molar-refractivity contribution >= 4 is 29.2 Å². The molecule has 0 fully saturated rings. The van der Waals surface area contributed by atoms with E-state index in [1.165, 1.54) is 5.01 Å². The van der Waals surface area contributed by atoms with Gasteiger partial charge in [-0.05, 0) is 48.6 Å². The fourth-order valence-electron chi connectivity index (χ4n) is 3.61. The van der Waals surface area contributed by atoms with Crippen LogP contribution in [-0.4, -0.2) is 29.2 Å². The van der Waals surface area contributed by atoms with Crippen molar-refractivity contribution in [1.82, 2.24) is 5.01 Å². The van der Waals surface area contributed by atoms with E-state index in [4.69, 9.17) is 20.8 Å². The highest BCUT2D eigenvalue weighted by Crippen LogP contribution is 2.33. The number of ether oxygens (including phenoxy) is 1. The van der Waals surface area contributed by atoms with E-state index in [1.54, 1.807) is 24.5 Å². The van der Waals surface area contributed by atoms with E-state index in [2.05, 4.69) is 11.2 Å². The van der Waals surface area contributed by atoms with Crippen LogP contribution in [0.4, 0.5) is 0 Å². The Hall–Kier alpha value is -2.86. The zero-order valence-electron chi connectivity index (χ0n) is 15.8. The molecule has 2 aromatic rings. The SMILES string of the molecule is O=C(C[C@H]1C=CCC1)OCC(=O)N1N=C(c2ccc(Cl)cc2)C[C@H]1c1ccco1. The maximum atomic E-state index is 12.8. The first-order chi connectivity index (χ1) is 14.1. The van der Waals surface area contributed by atoms with Crippen LogP contribution in [0.1, 0.15) is 43.0 Å². The summed E-state index contributed by atoms with van der Waals surface area (Å²) in [6.45, 7) is -0.343. The number of hydrogen-bond acceptors (Lipinski definition) is 5. The van der Waals surface area contributed by atoms with Crippen LogP contribution >= 0.6 is 11.6 Å². The topological polar surface area (TPSA) is 72.1 Å². The van der Waals surface area contributed by atoms with E-state index >= 15 is 0 Å². The fraction of sp³-hybridized carbons (Fsp3) is 0.318. The van der Waals surface area contributed by atoms with E-state index < -0.39 is 0 Å². The van der Waals surface area contributed by atoms with E-state index in [0.717, 1.165) is 24.1 Å². The molecule has 0 radical (unpaired) electrons. The first kappa shape index (κ1) is 19.5. The molecule has 1 amide bonds. The monoisotopic (exact) mass is 412 g/mol. The number of hydrazone groups is 1. The number of hydrogen-bond donors (Lipinski definition) is 0. The molecule has 29 heavy (non-hydrogen) atoms. The number of allylic oxidation sites excluding steroid dienone is 2. The number of carbonyl (C=O) groups is 2. The Morgan fingerprint density at radius 2 is 2.07 bits per heavy atom. The Morgan fingerprint density at radius 1 is 1.24 bits per heavy atom. The second-order valence-corrected chi connectivity index (χ2v) is 7.59. The van der Waals surface area contributed by atoms with Crippen molar-refractivity contribution in [1.29, 1.82) is 0 Å². The van der Waals surface area contributed by atoms with Crippen molar-refractivity contribution in [3.63, 3.8) is 0 Å². The zero-order chi connectivity index (χ0) is 20.2. The Bertz CT molecular complexity index is 934. The van der Waals surface area contributed by atoms with Crippen LogP contribution in [0.15, 0.2) is 64.3 Å². The summed E-state index contributed by atoms with van der Waals surface area (Å²) in [6.07, 6.45) is 8.38. The van der Waals surface area contributed by atoms with E-state index in [-0.39, 0.29) is 30.4 Å². The lowest BCUT2D eigenvalue weighted by Crippen LogP contribution is -2.31. The van der Waals surface area contributed by atoms with Crippen LogP contribution in [0.3, 0.4) is 0 Å². The second-order valence-electron chi connectivity index (χ2n) is 7.16. The molecule has 2 heterocycles. The minimum absolute atomic E-state index is 0.204. The van der Waals surface area contributed by atoms with Gasteiger partial charge in [-0.25, -0.2) is 5.01 Å². The maximum Gasteiger partial charge on any atom is 0.306 e. The van der Waals surface area contributed by atoms with Gasteiger partial charge in [-0.3, -0.25) is 9.59 Å². The molecule has 150 valence electrons. The molecule has 1 aliphatic heterocycles. The molecule has 1 aliphatic carbocycles. The van der Waals surface area contributed by atoms with Gasteiger partial charge in [0.25, 0.3) is 5.91 Å². The Balaban J connectivity index is 1.45. The third-order valence-corrected chi connectivity index (χ3v) is 5.36. The minimum atomic E-state index is -0.384. The first-order valence-electron chi connectivity index (χ1n) is 9.61. The van der Waals surface area contributed by atoms with Crippen LogP contribution in [0.25, 0.3) is 0 Å². The van der Waals surface area contributed by atoms with Gasteiger partial charge >= 0.3 is 5.97 Å². The average molecular weight is 413 g/mol. The molecular formula is C22H21ClN2O4. The zero-order valence-corrected chi connectivity index (χ0v) is 16.5. The normalized spacial score (nSPS) is 20.7. The Labute approximate surface area is 173 Å². The van der Waals surface area contributed by atoms with Crippen molar-refractivity contribution in [2.24, 2.45) is 11.0 Å². The third-order valence-electron chi connectivity index (χ3n) is 5.11. The van der Waals surface area contributed by atoms with Crippen LogP contribution in [0, 0.1) is 5.92 Å². The largest absolute Gasteiger partial charge is 0.467 e. The van der Waals surface area contributed by atoms with Crippen molar-refractivity contribution in [2.45, 2.75) is 31.7 Å². The highest BCUT2D eigenvalue weighted by atomic mass is 35.5. The molecule has 1 aromatic carbocycles. The van der Waals surface area contributed by atoms with Gasteiger partial charge in [0.15, 0.2) is 6.61 Å². The van der Waals surface area contributed by atoms with Gasteiger partial charge in [0, 0.05) is 11.4 Å². The minimum Gasteiger partial charge on any atom is -0.467 e. The van der Waals surface area contributed by atoms with Crippen LogP contribution < -0.4 is 0 Å². The molecular weight excluding hydrogens is 392 g/mol. The van der Waals surface area contributed by atoms with Crippen LogP contribution in [-0.2, 0) is 14.3 Å².